The van der Waals surface area contributed by atoms with E-state index in [1.165, 1.54) is 6.07 Å². The van der Waals surface area contributed by atoms with Gasteiger partial charge in [-0.3, -0.25) is 0 Å². The Morgan fingerprint density at radius 3 is 2.87 bits per heavy atom. The van der Waals surface area contributed by atoms with Gasteiger partial charge in [-0.25, -0.2) is 4.39 Å². The van der Waals surface area contributed by atoms with Gasteiger partial charge in [0.1, 0.15) is 5.82 Å². The fourth-order valence-electron chi connectivity index (χ4n) is 1.33. The van der Waals surface area contributed by atoms with Crippen LogP contribution in [0, 0.1) is 12.7 Å². The molecule has 0 amide bonds. The van der Waals surface area contributed by atoms with E-state index in [0.29, 0.717) is 12.1 Å². The highest BCUT2D eigenvalue weighted by Crippen LogP contribution is 2.09. The lowest BCUT2D eigenvalue weighted by molar-refractivity contribution is 0.117. The van der Waals surface area contributed by atoms with Gasteiger partial charge < -0.3 is 10.1 Å². The van der Waals surface area contributed by atoms with Crippen LogP contribution in [0.5, 0.6) is 0 Å². The number of rotatable bonds is 5. The standard InChI is InChI=1S/C12H18FNO/c1-9-4-5-12(13)11(6-9)8-14-7-10(2)15-3/h4-6,10,14H,7-8H2,1-3H3. The number of nitrogens with one attached hydrogen (secondary N) is 1. The first kappa shape index (κ1) is 12.1. The first-order valence-electron chi connectivity index (χ1n) is 5.12. The van der Waals surface area contributed by atoms with Gasteiger partial charge in [0.25, 0.3) is 0 Å². The molecule has 0 spiro atoms. The summed E-state index contributed by atoms with van der Waals surface area (Å²) in [5.74, 6) is -0.154. The summed E-state index contributed by atoms with van der Waals surface area (Å²) in [7, 11) is 1.67. The zero-order valence-corrected chi connectivity index (χ0v) is 9.51. The average molecular weight is 211 g/mol. The smallest absolute Gasteiger partial charge is 0.127 e. The predicted octanol–water partition coefficient (Wildman–Crippen LogP) is 2.26. The van der Waals surface area contributed by atoms with Crippen molar-refractivity contribution in [3.8, 4) is 0 Å². The molecule has 15 heavy (non-hydrogen) atoms. The predicted molar refractivity (Wildman–Crippen MR) is 59.3 cm³/mol. The number of benzene rings is 1. The molecule has 0 saturated heterocycles. The van der Waals surface area contributed by atoms with Crippen LogP contribution in [0.15, 0.2) is 18.2 Å². The first-order valence-corrected chi connectivity index (χ1v) is 5.12. The summed E-state index contributed by atoms with van der Waals surface area (Å²) in [6.45, 7) is 5.20. The van der Waals surface area contributed by atoms with E-state index in [0.717, 1.165) is 12.1 Å². The summed E-state index contributed by atoms with van der Waals surface area (Å²) < 4.78 is 18.4. The van der Waals surface area contributed by atoms with Crippen molar-refractivity contribution in [3.63, 3.8) is 0 Å². The SMILES string of the molecule is COC(C)CNCc1cc(C)ccc1F. The monoisotopic (exact) mass is 211 g/mol. The van der Waals surface area contributed by atoms with E-state index in [1.54, 1.807) is 13.2 Å². The molecule has 0 aliphatic heterocycles. The summed E-state index contributed by atoms with van der Waals surface area (Å²) in [6.07, 6.45) is 0.151. The van der Waals surface area contributed by atoms with Crippen LogP contribution in [0.3, 0.4) is 0 Å². The van der Waals surface area contributed by atoms with E-state index in [1.807, 2.05) is 19.9 Å². The van der Waals surface area contributed by atoms with Crippen LogP contribution in [-0.4, -0.2) is 19.8 Å². The van der Waals surface area contributed by atoms with E-state index in [-0.39, 0.29) is 11.9 Å². The second-order valence-electron chi connectivity index (χ2n) is 3.77. The Kier molecular flexibility index (Phi) is 4.72. The van der Waals surface area contributed by atoms with Crippen LogP contribution in [0.25, 0.3) is 0 Å². The fraction of sp³-hybridized carbons (Fsp3) is 0.500. The molecule has 0 radical (unpaired) electrons. The maximum absolute atomic E-state index is 13.3. The van der Waals surface area contributed by atoms with Gasteiger partial charge in [-0.2, -0.15) is 0 Å². The van der Waals surface area contributed by atoms with Crippen molar-refractivity contribution in [1.29, 1.82) is 0 Å². The van der Waals surface area contributed by atoms with Gasteiger partial charge in [-0.05, 0) is 19.9 Å². The summed E-state index contributed by atoms with van der Waals surface area (Å²) in [6, 6.07) is 5.14. The summed E-state index contributed by atoms with van der Waals surface area (Å²) >= 11 is 0. The molecular weight excluding hydrogens is 193 g/mol. The first-order chi connectivity index (χ1) is 7.13. The van der Waals surface area contributed by atoms with Crippen molar-refractivity contribution in [3.05, 3.63) is 35.1 Å². The van der Waals surface area contributed by atoms with Gasteiger partial charge in [0.2, 0.25) is 0 Å². The van der Waals surface area contributed by atoms with Crippen LogP contribution in [0.4, 0.5) is 4.39 Å². The highest BCUT2D eigenvalue weighted by atomic mass is 19.1. The molecular formula is C12H18FNO. The van der Waals surface area contributed by atoms with Gasteiger partial charge in [0.15, 0.2) is 0 Å². The largest absolute Gasteiger partial charge is 0.380 e. The molecule has 0 saturated carbocycles. The van der Waals surface area contributed by atoms with Gasteiger partial charge in [0.05, 0.1) is 6.10 Å². The average Bonchev–Trinajstić information content (AvgIpc) is 2.23. The molecule has 1 aromatic carbocycles. The number of aryl methyl sites for hydroxylation is 1. The second kappa shape index (κ2) is 5.83. The number of hydrogen-bond donors (Lipinski definition) is 1. The second-order valence-corrected chi connectivity index (χ2v) is 3.77. The quantitative estimate of drug-likeness (QED) is 0.806. The van der Waals surface area contributed by atoms with Crippen LogP contribution in [-0.2, 0) is 11.3 Å². The molecule has 1 atom stereocenters. The van der Waals surface area contributed by atoms with E-state index in [4.69, 9.17) is 4.74 Å². The van der Waals surface area contributed by atoms with Gasteiger partial charge in [-0.1, -0.05) is 17.7 Å². The molecule has 84 valence electrons. The number of methoxy groups -OCH3 is 1. The Morgan fingerprint density at radius 2 is 2.20 bits per heavy atom. The van der Waals surface area contributed by atoms with Gasteiger partial charge in [-0.15, -0.1) is 0 Å². The topological polar surface area (TPSA) is 21.3 Å². The minimum atomic E-state index is -0.154. The van der Waals surface area contributed by atoms with E-state index >= 15 is 0 Å². The highest BCUT2D eigenvalue weighted by Gasteiger charge is 2.03. The van der Waals surface area contributed by atoms with Gasteiger partial charge >= 0.3 is 0 Å². The van der Waals surface area contributed by atoms with Crippen molar-refractivity contribution in [1.82, 2.24) is 5.32 Å². The lowest BCUT2D eigenvalue weighted by atomic mass is 10.1. The van der Waals surface area contributed by atoms with Gasteiger partial charge in [0, 0.05) is 25.8 Å². The Morgan fingerprint density at radius 1 is 1.47 bits per heavy atom. The van der Waals surface area contributed by atoms with E-state index < -0.39 is 0 Å². The normalized spacial score (nSPS) is 12.8. The van der Waals surface area contributed by atoms with Crippen molar-refractivity contribution in [2.45, 2.75) is 26.5 Å². The van der Waals surface area contributed by atoms with Crippen LogP contribution in [0.1, 0.15) is 18.1 Å². The number of ether oxygens (including phenoxy) is 1. The fourth-order valence-corrected chi connectivity index (χ4v) is 1.33. The van der Waals surface area contributed by atoms with Crippen LogP contribution < -0.4 is 5.32 Å². The third-order valence-electron chi connectivity index (χ3n) is 2.35. The Balaban J connectivity index is 2.46. The van der Waals surface area contributed by atoms with Crippen molar-refractivity contribution >= 4 is 0 Å². The molecule has 1 rings (SSSR count). The highest BCUT2D eigenvalue weighted by molar-refractivity contribution is 5.23. The Labute approximate surface area is 90.4 Å². The van der Waals surface area contributed by atoms with Crippen molar-refractivity contribution < 1.29 is 9.13 Å². The van der Waals surface area contributed by atoms with Crippen molar-refractivity contribution in [2.75, 3.05) is 13.7 Å². The third kappa shape index (κ3) is 3.98. The zero-order valence-electron chi connectivity index (χ0n) is 9.51. The molecule has 0 aliphatic rings. The lowest BCUT2D eigenvalue weighted by Gasteiger charge is -2.11. The maximum atomic E-state index is 13.3. The summed E-state index contributed by atoms with van der Waals surface area (Å²) in [4.78, 5) is 0. The van der Waals surface area contributed by atoms with Crippen molar-refractivity contribution in [2.24, 2.45) is 0 Å². The minimum absolute atomic E-state index is 0.151. The molecule has 0 bridgehead atoms. The Bertz CT molecular complexity index is 314. The van der Waals surface area contributed by atoms with E-state index in [2.05, 4.69) is 5.32 Å². The molecule has 0 aliphatic carbocycles. The Hall–Kier alpha value is -0.930. The third-order valence-corrected chi connectivity index (χ3v) is 2.35. The molecule has 1 N–H and O–H groups in total. The number of hydrogen-bond acceptors (Lipinski definition) is 2. The number of halogens is 1. The van der Waals surface area contributed by atoms with Crippen LogP contribution >= 0.6 is 0 Å². The molecule has 1 aromatic rings. The zero-order chi connectivity index (χ0) is 11.3. The molecule has 0 heterocycles. The lowest BCUT2D eigenvalue weighted by Crippen LogP contribution is -2.25. The van der Waals surface area contributed by atoms with E-state index in [9.17, 15) is 4.39 Å². The summed E-state index contributed by atoms with van der Waals surface area (Å²) in [5, 5.41) is 3.16. The summed E-state index contributed by atoms with van der Waals surface area (Å²) in [5.41, 5.74) is 1.78. The molecule has 3 heteroatoms. The van der Waals surface area contributed by atoms with Crippen LogP contribution in [0.2, 0.25) is 0 Å². The molecule has 0 aromatic heterocycles. The minimum Gasteiger partial charge on any atom is -0.380 e. The molecule has 0 fully saturated rings. The molecule has 1 unspecified atom stereocenters. The molecule has 2 nitrogen and oxygen atoms in total. The maximum Gasteiger partial charge on any atom is 0.127 e.